The van der Waals surface area contributed by atoms with Crippen molar-refractivity contribution >= 4 is 12.4 Å². The lowest BCUT2D eigenvalue weighted by atomic mass is 9.80. The third-order valence-electron chi connectivity index (χ3n) is 2.78. The molecule has 0 radical (unpaired) electrons. The molecule has 2 rings (SSSR count). The van der Waals surface area contributed by atoms with E-state index >= 15 is 0 Å². The molecular formula is C14H13BF3O2-. The van der Waals surface area contributed by atoms with Gasteiger partial charge in [-0.1, -0.05) is 24.3 Å². The van der Waals surface area contributed by atoms with Gasteiger partial charge in [-0.15, -0.1) is 5.46 Å². The first kappa shape index (κ1) is 14.3. The van der Waals surface area contributed by atoms with E-state index in [9.17, 15) is 12.9 Å². The second-order valence-corrected chi connectivity index (χ2v) is 4.29. The smallest absolute Gasteiger partial charge is 0.497 e. The molecule has 0 bridgehead atoms. The summed E-state index contributed by atoms with van der Waals surface area (Å²) in [5, 5.41) is 0. The van der Waals surface area contributed by atoms with Crippen molar-refractivity contribution in [1.29, 1.82) is 0 Å². The summed E-state index contributed by atoms with van der Waals surface area (Å²) in [6, 6.07) is 12.1. The van der Waals surface area contributed by atoms with Crippen molar-refractivity contribution in [2.24, 2.45) is 0 Å². The Hall–Kier alpha value is -2.11. The summed E-state index contributed by atoms with van der Waals surface area (Å²) >= 11 is 0. The van der Waals surface area contributed by atoms with Crippen LogP contribution in [0, 0.1) is 0 Å². The standard InChI is InChI=1S/C14H13BF3O2/c1-19-13-6-2-4-11(8-13)10-20-14-7-3-5-12(9-14)15(16,17)18/h2-9H,10H2,1H3/q-1. The number of benzene rings is 2. The molecule has 0 atom stereocenters. The van der Waals surface area contributed by atoms with Gasteiger partial charge in [-0.2, -0.15) is 0 Å². The Kier molecular flexibility index (Phi) is 4.22. The summed E-state index contributed by atoms with van der Waals surface area (Å²) in [5.41, 5.74) is 0.167. The van der Waals surface area contributed by atoms with Gasteiger partial charge in [0.25, 0.3) is 0 Å². The SMILES string of the molecule is COc1cccc(COc2cccc([B-](F)(F)F)c2)c1. The Morgan fingerprint density at radius 2 is 1.65 bits per heavy atom. The number of halogens is 3. The molecular weight excluding hydrogens is 268 g/mol. The lowest BCUT2D eigenvalue weighted by Crippen LogP contribution is -2.33. The zero-order valence-corrected chi connectivity index (χ0v) is 10.9. The minimum atomic E-state index is -5.01. The van der Waals surface area contributed by atoms with Gasteiger partial charge in [0.1, 0.15) is 18.1 Å². The molecule has 2 aromatic rings. The van der Waals surface area contributed by atoms with Crippen molar-refractivity contribution in [3.05, 3.63) is 54.1 Å². The van der Waals surface area contributed by atoms with Crippen LogP contribution in [0.3, 0.4) is 0 Å². The minimum Gasteiger partial charge on any atom is -0.497 e. The molecule has 0 saturated heterocycles. The third kappa shape index (κ3) is 3.69. The van der Waals surface area contributed by atoms with E-state index in [1.165, 1.54) is 12.1 Å². The molecule has 0 amide bonds. The first-order valence-corrected chi connectivity index (χ1v) is 6.04. The van der Waals surface area contributed by atoms with Crippen LogP contribution in [0.2, 0.25) is 0 Å². The first-order valence-electron chi connectivity index (χ1n) is 6.04. The van der Waals surface area contributed by atoms with Crippen LogP contribution in [0.1, 0.15) is 5.56 Å². The fourth-order valence-corrected chi connectivity index (χ4v) is 1.74. The third-order valence-corrected chi connectivity index (χ3v) is 2.78. The van der Waals surface area contributed by atoms with Crippen molar-refractivity contribution in [1.82, 2.24) is 0 Å². The van der Waals surface area contributed by atoms with Crippen LogP contribution in [0.5, 0.6) is 11.5 Å². The predicted molar refractivity (Wildman–Crippen MR) is 72.5 cm³/mol. The summed E-state index contributed by atoms with van der Waals surface area (Å²) in [7, 11) is 1.55. The molecule has 2 aromatic carbocycles. The van der Waals surface area contributed by atoms with E-state index in [0.29, 0.717) is 5.75 Å². The van der Waals surface area contributed by atoms with E-state index < -0.39 is 12.4 Å². The summed E-state index contributed by atoms with van der Waals surface area (Å²) in [6.07, 6.45) is 0. The van der Waals surface area contributed by atoms with Crippen molar-refractivity contribution in [3.63, 3.8) is 0 Å². The van der Waals surface area contributed by atoms with Gasteiger partial charge in [0.15, 0.2) is 0 Å². The first-order chi connectivity index (χ1) is 9.49. The van der Waals surface area contributed by atoms with E-state index in [4.69, 9.17) is 9.47 Å². The minimum absolute atomic E-state index is 0.186. The highest BCUT2D eigenvalue weighted by Crippen LogP contribution is 2.17. The van der Waals surface area contributed by atoms with E-state index in [-0.39, 0.29) is 12.4 Å². The van der Waals surface area contributed by atoms with Crippen LogP contribution in [-0.2, 0) is 6.61 Å². The molecule has 0 fully saturated rings. The molecule has 0 unspecified atom stereocenters. The Morgan fingerprint density at radius 3 is 2.35 bits per heavy atom. The maximum atomic E-state index is 12.6. The highest BCUT2D eigenvalue weighted by molar-refractivity contribution is 6.73. The number of hydrogen-bond acceptors (Lipinski definition) is 2. The fourth-order valence-electron chi connectivity index (χ4n) is 1.74. The van der Waals surface area contributed by atoms with Gasteiger partial charge >= 0.3 is 6.98 Å². The van der Waals surface area contributed by atoms with Gasteiger partial charge in [0.05, 0.1) is 7.11 Å². The largest absolute Gasteiger partial charge is 0.509 e. The van der Waals surface area contributed by atoms with Crippen LogP contribution >= 0.6 is 0 Å². The summed E-state index contributed by atoms with van der Waals surface area (Å²) in [6.45, 7) is -4.82. The second kappa shape index (κ2) is 5.90. The fraction of sp³-hybridized carbons (Fsp3) is 0.143. The van der Waals surface area contributed by atoms with Crippen LogP contribution in [0.15, 0.2) is 48.5 Å². The van der Waals surface area contributed by atoms with Gasteiger partial charge in [-0.3, -0.25) is 0 Å². The molecule has 0 heterocycles. The second-order valence-electron chi connectivity index (χ2n) is 4.29. The summed E-state index contributed by atoms with van der Waals surface area (Å²) < 4.78 is 48.3. The van der Waals surface area contributed by atoms with E-state index in [1.54, 1.807) is 25.3 Å². The van der Waals surface area contributed by atoms with Crippen LogP contribution < -0.4 is 14.9 Å². The lowest BCUT2D eigenvalue weighted by molar-refractivity contribution is 0.305. The molecule has 0 saturated carbocycles. The van der Waals surface area contributed by atoms with Gasteiger partial charge in [-0.25, -0.2) is 0 Å². The lowest BCUT2D eigenvalue weighted by Gasteiger charge is -2.16. The molecule has 0 aliphatic heterocycles. The van der Waals surface area contributed by atoms with Crippen molar-refractivity contribution in [2.45, 2.75) is 6.61 Å². The van der Waals surface area contributed by atoms with Gasteiger partial charge in [-0.05, 0) is 29.8 Å². The Morgan fingerprint density at radius 1 is 0.950 bits per heavy atom. The topological polar surface area (TPSA) is 18.5 Å². The number of ether oxygens (including phenoxy) is 2. The van der Waals surface area contributed by atoms with Gasteiger partial charge in [0, 0.05) is 0 Å². The Balaban J connectivity index is 2.07. The molecule has 0 aromatic heterocycles. The molecule has 20 heavy (non-hydrogen) atoms. The average molecular weight is 281 g/mol. The van der Waals surface area contributed by atoms with E-state index in [2.05, 4.69) is 0 Å². The molecule has 0 spiro atoms. The van der Waals surface area contributed by atoms with Crippen molar-refractivity contribution in [3.8, 4) is 11.5 Å². The maximum absolute atomic E-state index is 12.6. The van der Waals surface area contributed by atoms with E-state index in [1.807, 2.05) is 6.07 Å². The zero-order chi connectivity index (χ0) is 14.6. The number of hydrogen-bond donors (Lipinski definition) is 0. The molecule has 6 heteroatoms. The Labute approximate surface area is 115 Å². The van der Waals surface area contributed by atoms with E-state index in [0.717, 1.165) is 17.7 Å². The molecule has 2 nitrogen and oxygen atoms in total. The van der Waals surface area contributed by atoms with Crippen molar-refractivity contribution < 1.29 is 22.4 Å². The average Bonchev–Trinajstić information content (AvgIpc) is 2.45. The normalized spacial score (nSPS) is 11.2. The monoisotopic (exact) mass is 281 g/mol. The highest BCUT2D eigenvalue weighted by atomic mass is 19.4. The van der Waals surface area contributed by atoms with Crippen LogP contribution in [0.4, 0.5) is 12.9 Å². The predicted octanol–water partition coefficient (Wildman–Crippen LogP) is 3.33. The van der Waals surface area contributed by atoms with Crippen LogP contribution in [-0.4, -0.2) is 14.1 Å². The quantitative estimate of drug-likeness (QED) is 0.783. The molecule has 0 aliphatic carbocycles. The molecule has 0 N–H and O–H groups in total. The highest BCUT2D eigenvalue weighted by Gasteiger charge is 2.25. The maximum Gasteiger partial charge on any atom is 0.509 e. The van der Waals surface area contributed by atoms with Crippen LogP contribution in [0.25, 0.3) is 0 Å². The van der Waals surface area contributed by atoms with Gasteiger partial charge < -0.3 is 22.4 Å². The molecule has 0 aliphatic rings. The number of methoxy groups -OCH3 is 1. The summed E-state index contributed by atoms with van der Waals surface area (Å²) in [5.74, 6) is 0.878. The molecule has 106 valence electrons. The summed E-state index contributed by atoms with van der Waals surface area (Å²) in [4.78, 5) is 0. The zero-order valence-electron chi connectivity index (χ0n) is 10.9. The number of rotatable bonds is 5. The Bertz CT molecular complexity index is 585. The van der Waals surface area contributed by atoms with Gasteiger partial charge in [0.2, 0.25) is 0 Å². The van der Waals surface area contributed by atoms with Crippen molar-refractivity contribution in [2.75, 3.05) is 7.11 Å².